The van der Waals surface area contributed by atoms with Gasteiger partial charge in [-0.15, -0.1) is 0 Å². The Labute approximate surface area is 219 Å². The second-order valence-corrected chi connectivity index (χ2v) is 11.6. The lowest BCUT2D eigenvalue weighted by atomic mass is 9.90. The Balaban J connectivity index is 3.42. The van der Waals surface area contributed by atoms with Gasteiger partial charge in [-0.3, -0.25) is 0 Å². The highest BCUT2D eigenvalue weighted by Crippen LogP contribution is 2.24. The molecule has 0 heterocycles. The van der Waals surface area contributed by atoms with Gasteiger partial charge in [-0.05, 0) is 5.92 Å². The van der Waals surface area contributed by atoms with Gasteiger partial charge in [0, 0.05) is 0 Å². The van der Waals surface area contributed by atoms with Crippen molar-refractivity contribution >= 4 is 0 Å². The zero-order valence-electron chi connectivity index (χ0n) is 24.5. The minimum Gasteiger partial charge on any atom is -0.0654 e. The summed E-state index contributed by atoms with van der Waals surface area (Å²) < 4.78 is 0. The van der Waals surface area contributed by atoms with Crippen molar-refractivity contribution in [1.29, 1.82) is 0 Å². The van der Waals surface area contributed by atoms with E-state index < -0.39 is 0 Å². The molecule has 0 amide bonds. The molecule has 0 aromatic heterocycles. The van der Waals surface area contributed by atoms with Crippen LogP contribution in [0.25, 0.3) is 0 Å². The summed E-state index contributed by atoms with van der Waals surface area (Å²) in [5, 5.41) is 0. The first kappa shape index (κ1) is 34.0. The van der Waals surface area contributed by atoms with Gasteiger partial charge >= 0.3 is 0 Å². The predicted octanol–water partition coefficient (Wildman–Crippen LogP) is 13.2. The van der Waals surface area contributed by atoms with Crippen LogP contribution in [0.5, 0.6) is 0 Å². The third-order valence-electron chi connectivity index (χ3n) is 8.04. The molecule has 0 saturated heterocycles. The molecule has 1 unspecified atom stereocenters. The quantitative estimate of drug-likeness (QED) is 0.0902. The highest BCUT2D eigenvalue weighted by molar-refractivity contribution is 4.62. The van der Waals surface area contributed by atoms with E-state index in [4.69, 9.17) is 0 Å². The van der Waals surface area contributed by atoms with Crippen LogP contribution in [-0.4, -0.2) is 0 Å². The lowest BCUT2D eigenvalue weighted by Crippen LogP contribution is -2.01. The molecule has 0 spiro atoms. The van der Waals surface area contributed by atoms with Crippen LogP contribution in [-0.2, 0) is 0 Å². The first-order valence-electron chi connectivity index (χ1n) is 16.6. The summed E-state index contributed by atoms with van der Waals surface area (Å²) in [6, 6.07) is 0. The van der Waals surface area contributed by atoms with E-state index in [0.717, 1.165) is 12.3 Å². The molecule has 34 heavy (non-hydrogen) atoms. The van der Waals surface area contributed by atoms with Crippen molar-refractivity contribution in [3.63, 3.8) is 0 Å². The lowest BCUT2D eigenvalue weighted by molar-refractivity contribution is 0.372. The fraction of sp³-hybridized carbons (Fsp3) is 0.971. The Kier molecular flexibility index (Phi) is 31.0. The molecule has 1 atom stereocenters. The van der Waals surface area contributed by atoms with Crippen LogP contribution in [0.4, 0.5) is 0 Å². The summed E-state index contributed by atoms with van der Waals surface area (Å²) in [4.78, 5) is 0. The maximum absolute atomic E-state index is 4.09. The van der Waals surface area contributed by atoms with Crippen LogP contribution in [0.15, 0.2) is 0 Å². The van der Waals surface area contributed by atoms with Crippen molar-refractivity contribution in [3.05, 3.63) is 6.92 Å². The summed E-state index contributed by atoms with van der Waals surface area (Å²) in [7, 11) is 0. The zero-order valence-corrected chi connectivity index (χ0v) is 24.5. The van der Waals surface area contributed by atoms with Crippen LogP contribution in [0.3, 0.4) is 0 Å². The molecule has 0 rings (SSSR count). The topological polar surface area (TPSA) is 0 Å². The highest BCUT2D eigenvalue weighted by atomic mass is 14.1. The van der Waals surface area contributed by atoms with E-state index in [1.54, 1.807) is 0 Å². The van der Waals surface area contributed by atoms with Crippen LogP contribution < -0.4 is 0 Å². The van der Waals surface area contributed by atoms with Gasteiger partial charge in [-0.1, -0.05) is 213 Å². The second-order valence-electron chi connectivity index (χ2n) is 11.6. The summed E-state index contributed by atoms with van der Waals surface area (Å²) in [5.41, 5.74) is 0. The average Bonchev–Trinajstić information content (AvgIpc) is 2.85. The minimum atomic E-state index is 0.998. The van der Waals surface area contributed by atoms with Crippen molar-refractivity contribution in [2.24, 2.45) is 5.92 Å². The molecule has 0 aliphatic heterocycles. The zero-order chi connectivity index (χ0) is 24.8. The molecule has 205 valence electrons. The monoisotopic (exact) mass is 478 g/mol. The molecule has 0 saturated carbocycles. The van der Waals surface area contributed by atoms with Crippen molar-refractivity contribution in [1.82, 2.24) is 0 Å². The van der Waals surface area contributed by atoms with Gasteiger partial charge < -0.3 is 0 Å². The third-order valence-corrected chi connectivity index (χ3v) is 8.04. The molecule has 0 nitrogen and oxygen atoms in total. The van der Waals surface area contributed by atoms with Crippen LogP contribution in [0.1, 0.15) is 206 Å². The van der Waals surface area contributed by atoms with E-state index in [2.05, 4.69) is 20.8 Å². The normalized spacial score (nSPS) is 12.4. The Hall–Kier alpha value is 0. The fourth-order valence-electron chi connectivity index (χ4n) is 5.59. The van der Waals surface area contributed by atoms with E-state index in [9.17, 15) is 0 Å². The minimum absolute atomic E-state index is 0.998. The molecule has 0 aliphatic rings. The Morgan fingerprint density at radius 1 is 0.324 bits per heavy atom. The SMILES string of the molecule is [CH2]CCCC(CCCCCCCCCC)CCCCCCCCCCCCCCCCCCC. The molecule has 0 bridgehead atoms. The molecule has 0 N–H and O–H groups in total. The molecular weight excluding hydrogens is 408 g/mol. The number of hydrogen-bond donors (Lipinski definition) is 0. The average molecular weight is 478 g/mol. The van der Waals surface area contributed by atoms with Crippen LogP contribution in [0.2, 0.25) is 0 Å². The Morgan fingerprint density at radius 2 is 0.559 bits per heavy atom. The molecule has 0 aliphatic carbocycles. The maximum Gasteiger partial charge on any atom is -0.0414 e. The Morgan fingerprint density at radius 3 is 0.824 bits per heavy atom. The molecule has 1 radical (unpaired) electrons. The van der Waals surface area contributed by atoms with Crippen LogP contribution >= 0.6 is 0 Å². The third kappa shape index (κ3) is 28.2. The first-order valence-corrected chi connectivity index (χ1v) is 16.6. The van der Waals surface area contributed by atoms with Crippen molar-refractivity contribution in [3.8, 4) is 0 Å². The second kappa shape index (κ2) is 31.0. The summed E-state index contributed by atoms with van der Waals surface area (Å²) >= 11 is 0. The number of rotatable bonds is 30. The van der Waals surface area contributed by atoms with Gasteiger partial charge in [0.25, 0.3) is 0 Å². The van der Waals surface area contributed by atoms with E-state index in [1.807, 2.05) is 0 Å². The fourth-order valence-corrected chi connectivity index (χ4v) is 5.59. The van der Waals surface area contributed by atoms with Gasteiger partial charge in [-0.25, -0.2) is 0 Å². The summed E-state index contributed by atoms with van der Waals surface area (Å²) in [6.45, 7) is 8.70. The van der Waals surface area contributed by atoms with Gasteiger partial charge in [0.05, 0.1) is 0 Å². The summed E-state index contributed by atoms with van der Waals surface area (Å²) in [6.07, 6.45) is 43.6. The van der Waals surface area contributed by atoms with Crippen molar-refractivity contribution in [2.75, 3.05) is 0 Å². The number of hydrogen-bond acceptors (Lipinski definition) is 0. The lowest BCUT2D eigenvalue weighted by Gasteiger charge is -2.16. The first-order chi connectivity index (χ1) is 16.8. The van der Waals surface area contributed by atoms with Crippen molar-refractivity contribution in [2.45, 2.75) is 206 Å². The standard InChI is InChI=1S/C34H69/c1-4-7-10-12-14-16-17-18-19-20-21-22-23-24-26-28-30-33-34(31-9-6-3)32-29-27-25-15-13-11-8-5-2/h34H,3-33H2,1-2H3. The predicted molar refractivity (Wildman–Crippen MR) is 159 cm³/mol. The van der Waals surface area contributed by atoms with E-state index in [0.29, 0.717) is 0 Å². The largest absolute Gasteiger partial charge is 0.0654 e. The molecule has 0 aromatic carbocycles. The number of unbranched alkanes of at least 4 members (excludes halogenated alkanes) is 24. The maximum atomic E-state index is 4.09. The highest BCUT2D eigenvalue weighted by Gasteiger charge is 2.08. The summed E-state index contributed by atoms with van der Waals surface area (Å²) in [5.74, 6) is 0.998. The van der Waals surface area contributed by atoms with Gasteiger partial charge in [-0.2, -0.15) is 0 Å². The molecular formula is C34H69. The molecule has 0 heteroatoms. The van der Waals surface area contributed by atoms with Crippen molar-refractivity contribution < 1.29 is 0 Å². The van der Waals surface area contributed by atoms with Gasteiger partial charge in [0.2, 0.25) is 0 Å². The molecule has 0 fully saturated rings. The van der Waals surface area contributed by atoms with Crippen LogP contribution in [0, 0.1) is 12.8 Å². The van der Waals surface area contributed by atoms with E-state index in [1.165, 1.54) is 186 Å². The van der Waals surface area contributed by atoms with Gasteiger partial charge in [0.1, 0.15) is 0 Å². The van der Waals surface area contributed by atoms with E-state index in [-0.39, 0.29) is 0 Å². The molecule has 0 aromatic rings. The Bertz CT molecular complexity index is 333. The van der Waals surface area contributed by atoms with Gasteiger partial charge in [0.15, 0.2) is 0 Å². The smallest absolute Gasteiger partial charge is 0.0414 e. The van der Waals surface area contributed by atoms with E-state index >= 15 is 0 Å².